The molecule has 0 amide bonds. The molecule has 0 bridgehead atoms. The molecular formula is C24H21N3S. The second kappa shape index (κ2) is 7.79. The Kier molecular flexibility index (Phi) is 5.04. The molecule has 28 heavy (non-hydrogen) atoms. The van der Waals surface area contributed by atoms with Crippen LogP contribution in [-0.2, 0) is 0 Å². The molecule has 0 atom stereocenters. The van der Waals surface area contributed by atoms with E-state index >= 15 is 0 Å². The minimum absolute atomic E-state index is 0.467. The number of anilines is 1. The number of aryl methyl sites for hydroxylation is 1. The molecule has 4 aromatic carbocycles. The summed E-state index contributed by atoms with van der Waals surface area (Å²) in [7, 11) is 0. The molecule has 0 aliphatic rings. The van der Waals surface area contributed by atoms with Crippen LogP contribution < -0.4 is 10.7 Å². The van der Waals surface area contributed by atoms with Gasteiger partial charge in [-0.2, -0.15) is 5.10 Å². The van der Waals surface area contributed by atoms with E-state index in [0.29, 0.717) is 5.11 Å². The predicted molar refractivity (Wildman–Crippen MR) is 124 cm³/mol. The van der Waals surface area contributed by atoms with Gasteiger partial charge >= 0.3 is 0 Å². The average Bonchev–Trinajstić information content (AvgIpc) is 2.71. The van der Waals surface area contributed by atoms with Gasteiger partial charge in [0.05, 0.1) is 6.21 Å². The number of hydrogen-bond donors (Lipinski definition) is 2. The Bertz CT molecular complexity index is 1160. The van der Waals surface area contributed by atoms with Crippen LogP contribution in [0, 0.1) is 13.8 Å². The molecule has 0 unspecified atom stereocenters. The van der Waals surface area contributed by atoms with E-state index in [4.69, 9.17) is 12.2 Å². The van der Waals surface area contributed by atoms with Gasteiger partial charge in [0.2, 0.25) is 0 Å². The zero-order valence-electron chi connectivity index (χ0n) is 15.9. The third kappa shape index (κ3) is 3.59. The lowest BCUT2D eigenvalue weighted by Crippen LogP contribution is -2.24. The second-order valence-electron chi connectivity index (χ2n) is 6.80. The Morgan fingerprint density at radius 1 is 0.857 bits per heavy atom. The number of fused-ring (bicyclic) bond motifs is 2. The van der Waals surface area contributed by atoms with Crippen molar-refractivity contribution in [2.75, 3.05) is 5.32 Å². The molecule has 4 heteroatoms. The van der Waals surface area contributed by atoms with Crippen molar-refractivity contribution in [3.8, 4) is 0 Å². The van der Waals surface area contributed by atoms with Gasteiger partial charge in [-0.05, 0) is 70.9 Å². The third-order valence-electron chi connectivity index (χ3n) is 5.03. The lowest BCUT2D eigenvalue weighted by atomic mass is 9.97. The molecule has 4 aromatic rings. The van der Waals surface area contributed by atoms with E-state index in [1.54, 1.807) is 0 Å². The van der Waals surface area contributed by atoms with Crippen LogP contribution in [0.15, 0.2) is 77.9 Å². The van der Waals surface area contributed by atoms with Gasteiger partial charge in [0.1, 0.15) is 0 Å². The van der Waals surface area contributed by atoms with Crippen molar-refractivity contribution >= 4 is 50.8 Å². The quantitative estimate of drug-likeness (QED) is 0.199. The number of nitrogens with zero attached hydrogens (tertiary/aromatic N) is 1. The molecule has 0 saturated carbocycles. The van der Waals surface area contributed by atoms with Gasteiger partial charge in [-0.25, -0.2) is 0 Å². The molecular weight excluding hydrogens is 362 g/mol. The summed E-state index contributed by atoms with van der Waals surface area (Å²) >= 11 is 5.41. The molecule has 0 saturated heterocycles. The van der Waals surface area contributed by atoms with Crippen LogP contribution in [0.3, 0.4) is 0 Å². The SMILES string of the molecule is Cc1cccc(NC(=S)NN=Cc2c3ccccc3cc3ccccc23)c1C. The fourth-order valence-corrected chi connectivity index (χ4v) is 3.54. The molecule has 138 valence electrons. The largest absolute Gasteiger partial charge is 0.331 e. The number of hydrogen-bond acceptors (Lipinski definition) is 2. The maximum atomic E-state index is 5.41. The van der Waals surface area contributed by atoms with Crippen LogP contribution in [0.25, 0.3) is 21.5 Å². The van der Waals surface area contributed by atoms with Gasteiger partial charge < -0.3 is 5.32 Å². The van der Waals surface area contributed by atoms with Crippen LogP contribution in [0.1, 0.15) is 16.7 Å². The molecule has 0 heterocycles. The summed E-state index contributed by atoms with van der Waals surface area (Å²) in [6.07, 6.45) is 1.85. The Balaban J connectivity index is 1.61. The first-order chi connectivity index (χ1) is 13.6. The highest BCUT2D eigenvalue weighted by Gasteiger charge is 2.06. The maximum absolute atomic E-state index is 5.41. The molecule has 0 fully saturated rings. The summed E-state index contributed by atoms with van der Waals surface area (Å²) in [5.74, 6) is 0. The van der Waals surface area contributed by atoms with E-state index in [2.05, 4.69) is 90.4 Å². The monoisotopic (exact) mass is 383 g/mol. The van der Waals surface area contributed by atoms with Gasteiger partial charge in [0.15, 0.2) is 5.11 Å². The molecule has 0 aromatic heterocycles. The fraction of sp³-hybridized carbons (Fsp3) is 0.0833. The number of nitrogens with one attached hydrogen (secondary N) is 2. The third-order valence-corrected chi connectivity index (χ3v) is 5.22. The summed E-state index contributed by atoms with van der Waals surface area (Å²) in [4.78, 5) is 0. The molecule has 0 spiro atoms. The lowest BCUT2D eigenvalue weighted by Gasteiger charge is -2.12. The Morgan fingerprint density at radius 3 is 2.18 bits per heavy atom. The standard InChI is InChI=1S/C24H21N3S/c1-16-8-7-13-23(17(16)2)26-24(28)27-25-15-22-20-11-5-3-9-18(20)14-19-10-4-6-12-21(19)22/h3-15H,1-2H3,(H2,26,27,28). The molecule has 0 radical (unpaired) electrons. The molecule has 0 aliphatic carbocycles. The van der Waals surface area contributed by atoms with Crippen molar-refractivity contribution in [2.24, 2.45) is 5.10 Å². The molecule has 3 nitrogen and oxygen atoms in total. The smallest absolute Gasteiger partial charge is 0.191 e. The number of thiocarbonyl (C=S) groups is 1. The van der Waals surface area contributed by atoms with Gasteiger partial charge in [-0.1, -0.05) is 60.7 Å². The lowest BCUT2D eigenvalue weighted by molar-refractivity contribution is 1.05. The average molecular weight is 384 g/mol. The highest BCUT2D eigenvalue weighted by Crippen LogP contribution is 2.27. The highest BCUT2D eigenvalue weighted by molar-refractivity contribution is 7.80. The van der Waals surface area contributed by atoms with Crippen LogP contribution in [-0.4, -0.2) is 11.3 Å². The molecule has 2 N–H and O–H groups in total. The fourth-order valence-electron chi connectivity index (χ4n) is 3.38. The van der Waals surface area contributed by atoms with E-state index in [1.807, 2.05) is 18.3 Å². The summed E-state index contributed by atoms with van der Waals surface area (Å²) in [5.41, 5.74) is 7.41. The van der Waals surface area contributed by atoms with Crippen molar-refractivity contribution < 1.29 is 0 Å². The normalized spacial score (nSPS) is 11.2. The second-order valence-corrected chi connectivity index (χ2v) is 7.21. The Morgan fingerprint density at radius 2 is 1.50 bits per heavy atom. The topological polar surface area (TPSA) is 36.4 Å². The van der Waals surface area contributed by atoms with Crippen molar-refractivity contribution in [2.45, 2.75) is 13.8 Å². The van der Waals surface area contributed by atoms with Crippen LogP contribution in [0.2, 0.25) is 0 Å². The number of rotatable bonds is 3. The van der Waals surface area contributed by atoms with Crippen LogP contribution in [0.5, 0.6) is 0 Å². The summed E-state index contributed by atoms with van der Waals surface area (Å²) in [6.45, 7) is 4.16. The van der Waals surface area contributed by atoms with Crippen molar-refractivity contribution in [1.29, 1.82) is 0 Å². The van der Waals surface area contributed by atoms with Crippen LogP contribution in [0.4, 0.5) is 5.69 Å². The van der Waals surface area contributed by atoms with Gasteiger partial charge in [0, 0.05) is 11.3 Å². The highest BCUT2D eigenvalue weighted by atomic mass is 32.1. The minimum atomic E-state index is 0.467. The first-order valence-electron chi connectivity index (χ1n) is 9.20. The van der Waals surface area contributed by atoms with E-state index in [9.17, 15) is 0 Å². The molecule has 4 rings (SSSR count). The van der Waals surface area contributed by atoms with Crippen molar-refractivity contribution in [3.63, 3.8) is 0 Å². The van der Waals surface area contributed by atoms with E-state index in [0.717, 1.165) is 11.3 Å². The van der Waals surface area contributed by atoms with E-state index < -0.39 is 0 Å². The summed E-state index contributed by atoms with van der Waals surface area (Å²) < 4.78 is 0. The number of hydrazone groups is 1. The Hall–Kier alpha value is -3.24. The summed E-state index contributed by atoms with van der Waals surface area (Å²) in [5, 5.41) is 12.8. The Labute approximate surface area is 170 Å². The van der Waals surface area contributed by atoms with E-state index in [1.165, 1.54) is 32.7 Å². The van der Waals surface area contributed by atoms with Crippen molar-refractivity contribution in [3.05, 3.63) is 89.5 Å². The van der Waals surface area contributed by atoms with Crippen molar-refractivity contribution in [1.82, 2.24) is 5.43 Å². The van der Waals surface area contributed by atoms with Crippen LogP contribution >= 0.6 is 12.2 Å². The predicted octanol–water partition coefficient (Wildman–Crippen LogP) is 5.93. The summed E-state index contributed by atoms with van der Waals surface area (Å²) in [6, 6.07) is 25.0. The number of benzene rings is 4. The van der Waals surface area contributed by atoms with Gasteiger partial charge in [0.25, 0.3) is 0 Å². The minimum Gasteiger partial charge on any atom is -0.331 e. The first kappa shape index (κ1) is 18.1. The van der Waals surface area contributed by atoms with E-state index in [-0.39, 0.29) is 0 Å². The van der Waals surface area contributed by atoms with Gasteiger partial charge in [-0.3, -0.25) is 5.43 Å². The zero-order chi connectivity index (χ0) is 19.5. The molecule has 0 aliphatic heterocycles. The first-order valence-corrected chi connectivity index (χ1v) is 9.61. The zero-order valence-corrected chi connectivity index (χ0v) is 16.7. The van der Waals surface area contributed by atoms with Gasteiger partial charge in [-0.15, -0.1) is 0 Å². The maximum Gasteiger partial charge on any atom is 0.191 e.